The van der Waals surface area contributed by atoms with Crippen LogP contribution in [0.5, 0.6) is 0 Å². The summed E-state index contributed by atoms with van der Waals surface area (Å²) in [5, 5.41) is 11.3. The van der Waals surface area contributed by atoms with Crippen molar-refractivity contribution in [3.05, 3.63) is 0 Å². The number of amides is 3. The van der Waals surface area contributed by atoms with E-state index in [2.05, 4.69) is 5.32 Å². The number of urea groups is 1. The molecule has 0 saturated carbocycles. The number of piperidine rings is 1. The van der Waals surface area contributed by atoms with E-state index in [1.54, 1.807) is 0 Å². The molecule has 1 aliphatic heterocycles. The average molecular weight is 257 g/mol. The highest BCUT2D eigenvalue weighted by Gasteiger charge is 2.23. The lowest BCUT2D eigenvalue weighted by atomic mass is 9.97. The number of likely N-dealkylation sites (tertiary alicyclic amines) is 1. The van der Waals surface area contributed by atoms with Crippen LogP contribution in [0.1, 0.15) is 32.1 Å². The van der Waals surface area contributed by atoms with Crippen molar-refractivity contribution in [3.63, 3.8) is 0 Å². The molecule has 0 aliphatic carbocycles. The van der Waals surface area contributed by atoms with Gasteiger partial charge in [0.2, 0.25) is 5.91 Å². The summed E-state index contributed by atoms with van der Waals surface area (Å²) in [6.07, 6.45) is 3.89. The second-order valence-electron chi connectivity index (χ2n) is 4.77. The lowest BCUT2D eigenvalue weighted by Crippen LogP contribution is -2.44. The van der Waals surface area contributed by atoms with E-state index in [-0.39, 0.29) is 12.5 Å². The monoisotopic (exact) mass is 257 g/mol. The van der Waals surface area contributed by atoms with E-state index in [1.165, 1.54) is 0 Å². The van der Waals surface area contributed by atoms with Crippen molar-refractivity contribution in [2.24, 2.45) is 11.7 Å². The van der Waals surface area contributed by atoms with E-state index in [9.17, 15) is 9.59 Å². The molecule has 1 heterocycles. The molecule has 18 heavy (non-hydrogen) atoms. The summed E-state index contributed by atoms with van der Waals surface area (Å²) in [4.78, 5) is 24.4. The number of hydrogen-bond donors (Lipinski definition) is 3. The maximum atomic E-state index is 11.9. The van der Waals surface area contributed by atoms with Crippen molar-refractivity contribution in [2.45, 2.75) is 32.1 Å². The van der Waals surface area contributed by atoms with Crippen molar-refractivity contribution in [3.8, 4) is 0 Å². The van der Waals surface area contributed by atoms with E-state index in [0.29, 0.717) is 31.8 Å². The Morgan fingerprint density at radius 3 is 2.83 bits per heavy atom. The summed E-state index contributed by atoms with van der Waals surface area (Å²) < 4.78 is 0. The largest absolute Gasteiger partial charge is 0.396 e. The summed E-state index contributed by atoms with van der Waals surface area (Å²) in [6, 6.07) is -0.513. The molecule has 6 nitrogen and oxygen atoms in total. The van der Waals surface area contributed by atoms with Crippen molar-refractivity contribution in [2.75, 3.05) is 26.2 Å². The summed E-state index contributed by atoms with van der Waals surface area (Å²) in [5.41, 5.74) is 5.03. The standard InChI is InChI=1S/C12H23N3O3/c13-12(18)14-8-10-4-3-6-15(9-10)11(17)5-1-2-7-16/h10,16H,1-9H2,(H3,13,14,18). The first-order valence-corrected chi connectivity index (χ1v) is 6.55. The molecule has 1 saturated heterocycles. The Bertz CT molecular complexity index is 284. The molecule has 1 aliphatic rings. The number of aliphatic hydroxyl groups is 1. The molecule has 0 bridgehead atoms. The number of nitrogens with zero attached hydrogens (tertiary/aromatic N) is 1. The molecule has 104 valence electrons. The number of unbranched alkanes of at least 4 members (excludes halogenated alkanes) is 1. The number of carbonyl (C=O) groups excluding carboxylic acids is 2. The zero-order chi connectivity index (χ0) is 13.4. The van der Waals surface area contributed by atoms with Gasteiger partial charge in [0.15, 0.2) is 0 Å². The molecule has 6 heteroatoms. The minimum Gasteiger partial charge on any atom is -0.396 e. The smallest absolute Gasteiger partial charge is 0.312 e. The van der Waals surface area contributed by atoms with Gasteiger partial charge in [-0.1, -0.05) is 0 Å². The zero-order valence-electron chi connectivity index (χ0n) is 10.7. The van der Waals surface area contributed by atoms with Crippen molar-refractivity contribution in [1.29, 1.82) is 0 Å². The van der Waals surface area contributed by atoms with Gasteiger partial charge < -0.3 is 21.1 Å². The highest BCUT2D eigenvalue weighted by molar-refractivity contribution is 5.76. The van der Waals surface area contributed by atoms with Crippen LogP contribution in [0.15, 0.2) is 0 Å². The predicted octanol–water partition coefficient (Wildman–Crippen LogP) is 0.0559. The fourth-order valence-corrected chi connectivity index (χ4v) is 2.25. The van der Waals surface area contributed by atoms with Crippen LogP contribution in [0, 0.1) is 5.92 Å². The summed E-state index contributed by atoms with van der Waals surface area (Å²) >= 11 is 0. The lowest BCUT2D eigenvalue weighted by molar-refractivity contribution is -0.133. The zero-order valence-corrected chi connectivity index (χ0v) is 10.7. The maximum Gasteiger partial charge on any atom is 0.312 e. The number of aliphatic hydroxyl groups excluding tert-OH is 1. The van der Waals surface area contributed by atoms with E-state index >= 15 is 0 Å². The highest BCUT2D eigenvalue weighted by Crippen LogP contribution is 2.17. The molecular weight excluding hydrogens is 234 g/mol. The maximum absolute atomic E-state index is 11.9. The molecule has 1 fully saturated rings. The number of primary amides is 1. The molecule has 0 aromatic carbocycles. The van der Waals surface area contributed by atoms with Crippen LogP contribution < -0.4 is 11.1 Å². The van der Waals surface area contributed by atoms with E-state index in [1.807, 2.05) is 4.90 Å². The third-order valence-corrected chi connectivity index (χ3v) is 3.24. The second-order valence-corrected chi connectivity index (χ2v) is 4.77. The number of rotatable bonds is 6. The van der Waals surface area contributed by atoms with Crippen LogP contribution in [-0.4, -0.2) is 48.2 Å². The van der Waals surface area contributed by atoms with Gasteiger partial charge in [0.1, 0.15) is 0 Å². The fraction of sp³-hybridized carbons (Fsp3) is 0.833. The second kappa shape index (κ2) is 7.92. The Morgan fingerprint density at radius 2 is 2.17 bits per heavy atom. The summed E-state index contributed by atoms with van der Waals surface area (Å²) in [5.74, 6) is 0.445. The Morgan fingerprint density at radius 1 is 1.39 bits per heavy atom. The van der Waals surface area contributed by atoms with Gasteiger partial charge in [-0.2, -0.15) is 0 Å². The minimum absolute atomic E-state index is 0.137. The molecule has 1 atom stereocenters. The van der Waals surface area contributed by atoms with Crippen LogP contribution in [0.2, 0.25) is 0 Å². The van der Waals surface area contributed by atoms with Gasteiger partial charge >= 0.3 is 6.03 Å². The normalized spacial score (nSPS) is 19.6. The van der Waals surface area contributed by atoms with Crippen LogP contribution in [0.25, 0.3) is 0 Å². The average Bonchev–Trinajstić information content (AvgIpc) is 2.37. The molecule has 0 aromatic heterocycles. The quantitative estimate of drug-likeness (QED) is 0.587. The SMILES string of the molecule is NC(=O)NCC1CCCN(C(=O)CCCCO)C1. The lowest BCUT2D eigenvalue weighted by Gasteiger charge is -2.32. The first kappa shape index (κ1) is 14.8. The molecule has 0 radical (unpaired) electrons. The minimum atomic E-state index is -0.513. The first-order valence-electron chi connectivity index (χ1n) is 6.55. The van der Waals surface area contributed by atoms with Gasteiger partial charge in [0, 0.05) is 32.7 Å². The van der Waals surface area contributed by atoms with Crippen molar-refractivity contribution < 1.29 is 14.7 Å². The molecule has 4 N–H and O–H groups in total. The Labute approximate surface area is 108 Å². The van der Waals surface area contributed by atoms with E-state index in [4.69, 9.17) is 10.8 Å². The van der Waals surface area contributed by atoms with Gasteiger partial charge in [-0.25, -0.2) is 4.79 Å². The van der Waals surface area contributed by atoms with Gasteiger partial charge in [0.25, 0.3) is 0 Å². The van der Waals surface area contributed by atoms with E-state index in [0.717, 1.165) is 25.8 Å². The molecule has 0 spiro atoms. The molecule has 3 amide bonds. The van der Waals surface area contributed by atoms with Crippen LogP contribution >= 0.6 is 0 Å². The number of nitrogens with one attached hydrogen (secondary N) is 1. The van der Waals surface area contributed by atoms with Gasteiger partial charge in [-0.15, -0.1) is 0 Å². The van der Waals surface area contributed by atoms with Gasteiger partial charge in [0.05, 0.1) is 0 Å². The van der Waals surface area contributed by atoms with Crippen LogP contribution in [0.3, 0.4) is 0 Å². The molecule has 1 unspecified atom stereocenters. The highest BCUT2D eigenvalue weighted by atomic mass is 16.3. The van der Waals surface area contributed by atoms with Crippen molar-refractivity contribution in [1.82, 2.24) is 10.2 Å². The third kappa shape index (κ3) is 5.35. The van der Waals surface area contributed by atoms with Crippen LogP contribution in [0.4, 0.5) is 4.79 Å². The van der Waals surface area contributed by atoms with Gasteiger partial charge in [-0.3, -0.25) is 4.79 Å². The van der Waals surface area contributed by atoms with Gasteiger partial charge in [-0.05, 0) is 31.6 Å². The predicted molar refractivity (Wildman–Crippen MR) is 67.8 cm³/mol. The van der Waals surface area contributed by atoms with Crippen molar-refractivity contribution >= 4 is 11.9 Å². The molecular formula is C12H23N3O3. The topological polar surface area (TPSA) is 95.7 Å². The number of carbonyl (C=O) groups is 2. The fourth-order valence-electron chi connectivity index (χ4n) is 2.25. The molecule has 0 aromatic rings. The number of nitrogens with two attached hydrogens (primary N) is 1. The van der Waals surface area contributed by atoms with E-state index < -0.39 is 6.03 Å². The number of hydrogen-bond acceptors (Lipinski definition) is 3. The molecule has 1 rings (SSSR count). The first-order chi connectivity index (χ1) is 8.63. The van der Waals surface area contributed by atoms with Crippen LogP contribution in [-0.2, 0) is 4.79 Å². The summed E-state index contributed by atoms with van der Waals surface area (Å²) in [7, 11) is 0. The third-order valence-electron chi connectivity index (χ3n) is 3.24. The Balaban J connectivity index is 2.28. The Kier molecular flexibility index (Phi) is 6.49. The Hall–Kier alpha value is -1.30. The summed E-state index contributed by atoms with van der Waals surface area (Å²) in [6.45, 7) is 2.16.